The molecule has 1 atom stereocenters. The summed E-state index contributed by atoms with van der Waals surface area (Å²) in [5.74, 6) is 0. The summed E-state index contributed by atoms with van der Waals surface area (Å²) in [5.41, 5.74) is 1.14. The predicted molar refractivity (Wildman–Crippen MR) is 145 cm³/mol. The van der Waals surface area contributed by atoms with E-state index in [4.69, 9.17) is 16.3 Å². The molecule has 1 unspecified atom stereocenters. The third-order valence-corrected chi connectivity index (χ3v) is 6.61. The third kappa shape index (κ3) is 7.04. The Kier molecular flexibility index (Phi) is 8.07. The number of urea groups is 1. The minimum Gasteiger partial charge on any atom is -0.444 e. The molecule has 1 heterocycles. The van der Waals surface area contributed by atoms with E-state index in [1.807, 2.05) is 51.1 Å². The van der Waals surface area contributed by atoms with E-state index in [0.29, 0.717) is 21.5 Å². The van der Waals surface area contributed by atoms with Crippen molar-refractivity contribution in [3.05, 3.63) is 81.1 Å². The van der Waals surface area contributed by atoms with Crippen LogP contribution in [0.25, 0.3) is 10.9 Å². The van der Waals surface area contributed by atoms with Crippen molar-refractivity contribution in [2.45, 2.75) is 70.2 Å². The minimum atomic E-state index is -0.643. The average molecular weight is 525 g/mol. The van der Waals surface area contributed by atoms with Crippen LogP contribution in [-0.2, 0) is 4.74 Å². The van der Waals surface area contributed by atoms with Crippen molar-refractivity contribution in [2.24, 2.45) is 0 Å². The number of ether oxygens (including phenoxy) is 1. The smallest absolute Gasteiger partial charge is 0.407 e. The van der Waals surface area contributed by atoms with Gasteiger partial charge < -0.3 is 25.7 Å². The number of fused-ring (bicyclic) bond motifs is 1. The van der Waals surface area contributed by atoms with Gasteiger partial charge in [0.2, 0.25) is 0 Å². The van der Waals surface area contributed by atoms with E-state index in [2.05, 4.69) is 20.9 Å². The van der Waals surface area contributed by atoms with Crippen molar-refractivity contribution in [1.29, 1.82) is 0 Å². The van der Waals surface area contributed by atoms with Crippen molar-refractivity contribution in [3.8, 4) is 0 Å². The van der Waals surface area contributed by atoms with Gasteiger partial charge in [-0.05, 0) is 70.2 Å². The minimum absolute atomic E-state index is 0.0118. The van der Waals surface area contributed by atoms with Gasteiger partial charge in [0.15, 0.2) is 5.43 Å². The Morgan fingerprint density at radius 3 is 2.30 bits per heavy atom. The molecule has 2 aromatic carbocycles. The van der Waals surface area contributed by atoms with Crippen LogP contribution < -0.4 is 21.4 Å². The molecule has 0 radical (unpaired) electrons. The Morgan fingerprint density at radius 2 is 1.65 bits per heavy atom. The Balaban J connectivity index is 1.43. The summed E-state index contributed by atoms with van der Waals surface area (Å²) in [6, 6.07) is 13.4. The first kappa shape index (κ1) is 26.5. The van der Waals surface area contributed by atoms with Crippen molar-refractivity contribution < 1.29 is 14.3 Å². The molecule has 1 aliphatic rings. The number of halogens is 1. The number of H-pyrrole nitrogens is 1. The lowest BCUT2D eigenvalue weighted by Crippen LogP contribution is -2.48. The second kappa shape index (κ2) is 11.3. The number of carbonyl (C=O) groups excluding carboxylic acids is 2. The molecule has 8 nitrogen and oxygen atoms in total. The number of nitrogens with one attached hydrogen (secondary N) is 4. The lowest BCUT2D eigenvalue weighted by atomic mass is 9.91. The third-order valence-electron chi connectivity index (χ3n) is 6.37. The predicted octanol–water partition coefficient (Wildman–Crippen LogP) is 5.41. The molecule has 0 saturated heterocycles. The highest BCUT2D eigenvalue weighted by atomic mass is 35.5. The summed E-state index contributed by atoms with van der Waals surface area (Å²) >= 11 is 6.08. The van der Waals surface area contributed by atoms with Crippen LogP contribution in [-0.4, -0.2) is 34.8 Å². The normalized spacial score (nSPS) is 18.6. The van der Waals surface area contributed by atoms with Crippen LogP contribution in [0.4, 0.5) is 9.59 Å². The van der Waals surface area contributed by atoms with Gasteiger partial charge in [-0.15, -0.1) is 0 Å². The van der Waals surface area contributed by atoms with Gasteiger partial charge >= 0.3 is 12.1 Å². The maximum atomic E-state index is 13.4. The van der Waals surface area contributed by atoms with Crippen LogP contribution >= 0.6 is 11.6 Å². The number of hydrogen-bond donors (Lipinski definition) is 4. The van der Waals surface area contributed by atoms with Gasteiger partial charge in [-0.25, -0.2) is 9.59 Å². The fourth-order valence-corrected chi connectivity index (χ4v) is 4.80. The first-order valence-corrected chi connectivity index (χ1v) is 12.9. The molecular weight excluding hydrogens is 492 g/mol. The number of rotatable bonds is 5. The molecule has 0 spiro atoms. The Hall–Kier alpha value is -3.52. The van der Waals surface area contributed by atoms with E-state index < -0.39 is 17.7 Å². The number of benzene rings is 2. The Labute approximate surface area is 221 Å². The van der Waals surface area contributed by atoms with Crippen LogP contribution in [0, 0.1) is 0 Å². The van der Waals surface area contributed by atoms with Crippen LogP contribution in [0.2, 0.25) is 5.02 Å². The molecule has 4 N–H and O–H groups in total. The molecule has 1 aromatic heterocycles. The highest BCUT2D eigenvalue weighted by Gasteiger charge is 2.27. The zero-order valence-electron chi connectivity index (χ0n) is 21.3. The monoisotopic (exact) mass is 524 g/mol. The molecule has 1 aliphatic carbocycles. The SMILES string of the molecule is CC(C)(C)OC(=O)NC1CCC(NC(=O)NC(c2ccccc2)c2c[nH]c3cc(Cl)ccc3c2=O)CC1. The molecule has 0 bridgehead atoms. The van der Waals surface area contributed by atoms with Gasteiger partial charge in [-0.1, -0.05) is 41.9 Å². The van der Waals surface area contributed by atoms with Gasteiger partial charge in [0.05, 0.1) is 11.6 Å². The van der Waals surface area contributed by atoms with E-state index in [9.17, 15) is 14.4 Å². The summed E-state index contributed by atoms with van der Waals surface area (Å²) in [5, 5.41) is 9.98. The number of amides is 3. The average Bonchev–Trinajstić information content (AvgIpc) is 2.83. The number of hydrogen-bond acceptors (Lipinski definition) is 4. The Bertz CT molecular complexity index is 1310. The second-order valence-electron chi connectivity index (χ2n) is 10.4. The summed E-state index contributed by atoms with van der Waals surface area (Å²) < 4.78 is 5.34. The van der Waals surface area contributed by atoms with Crippen LogP contribution in [0.3, 0.4) is 0 Å². The summed E-state index contributed by atoms with van der Waals surface area (Å²) in [6.07, 6.45) is 4.13. The fraction of sp³-hybridized carbons (Fsp3) is 0.393. The van der Waals surface area contributed by atoms with Crippen LogP contribution in [0.1, 0.15) is 63.6 Å². The Morgan fingerprint density at radius 1 is 1.00 bits per heavy atom. The number of aromatic amines is 1. The highest BCUT2D eigenvalue weighted by Crippen LogP contribution is 2.23. The lowest BCUT2D eigenvalue weighted by molar-refractivity contribution is 0.0490. The number of pyridine rings is 1. The van der Waals surface area contributed by atoms with Crippen molar-refractivity contribution in [1.82, 2.24) is 20.9 Å². The molecule has 1 saturated carbocycles. The molecule has 37 heavy (non-hydrogen) atoms. The van der Waals surface area contributed by atoms with Gasteiger partial charge in [0.1, 0.15) is 5.60 Å². The topological polar surface area (TPSA) is 112 Å². The van der Waals surface area contributed by atoms with Gasteiger partial charge in [0.25, 0.3) is 0 Å². The second-order valence-corrected chi connectivity index (χ2v) is 10.9. The molecule has 1 fully saturated rings. The quantitative estimate of drug-likeness (QED) is 0.357. The van der Waals surface area contributed by atoms with Crippen molar-refractivity contribution in [3.63, 3.8) is 0 Å². The molecule has 4 rings (SSSR count). The van der Waals surface area contributed by atoms with Gasteiger partial charge in [-0.2, -0.15) is 0 Å². The number of alkyl carbamates (subject to hydrolysis) is 1. The standard InChI is InChI=1S/C28H33ClN4O4/c1-28(2,3)37-27(36)32-20-12-10-19(11-13-20)31-26(35)33-24(17-7-5-4-6-8-17)22-16-30-23-15-18(29)9-14-21(23)25(22)34/h4-9,14-16,19-20,24H,10-13H2,1-3H3,(H,30,34)(H,32,36)(H2,31,33,35). The fourth-order valence-electron chi connectivity index (χ4n) is 4.63. The maximum absolute atomic E-state index is 13.4. The molecule has 196 valence electrons. The summed E-state index contributed by atoms with van der Waals surface area (Å²) in [4.78, 5) is 41.6. The molecule has 0 aliphatic heterocycles. The van der Waals surface area contributed by atoms with Crippen LogP contribution in [0.15, 0.2) is 59.5 Å². The molecule has 3 aromatic rings. The maximum Gasteiger partial charge on any atom is 0.407 e. The molecule has 9 heteroatoms. The summed E-state index contributed by atoms with van der Waals surface area (Å²) in [6.45, 7) is 5.49. The first-order valence-electron chi connectivity index (χ1n) is 12.5. The zero-order valence-corrected chi connectivity index (χ0v) is 22.0. The summed E-state index contributed by atoms with van der Waals surface area (Å²) in [7, 11) is 0. The van der Waals surface area contributed by atoms with E-state index in [1.54, 1.807) is 24.4 Å². The lowest BCUT2D eigenvalue weighted by Gasteiger charge is -2.31. The van der Waals surface area contributed by atoms with E-state index in [-0.39, 0.29) is 23.5 Å². The number of carbonyl (C=O) groups is 2. The number of aromatic nitrogens is 1. The first-order chi connectivity index (χ1) is 17.6. The van der Waals surface area contributed by atoms with E-state index in [1.165, 1.54) is 0 Å². The van der Waals surface area contributed by atoms with Crippen LogP contribution in [0.5, 0.6) is 0 Å². The zero-order chi connectivity index (χ0) is 26.6. The highest BCUT2D eigenvalue weighted by molar-refractivity contribution is 6.31. The molecular formula is C28H33ClN4O4. The largest absolute Gasteiger partial charge is 0.444 e. The van der Waals surface area contributed by atoms with Gasteiger partial charge in [-0.3, -0.25) is 4.79 Å². The van der Waals surface area contributed by atoms with Crippen molar-refractivity contribution >= 4 is 34.6 Å². The van der Waals surface area contributed by atoms with E-state index >= 15 is 0 Å². The van der Waals surface area contributed by atoms with Gasteiger partial charge in [0, 0.05) is 34.3 Å². The van der Waals surface area contributed by atoms with E-state index in [0.717, 1.165) is 31.2 Å². The van der Waals surface area contributed by atoms with Crippen molar-refractivity contribution in [2.75, 3.05) is 0 Å². The molecule has 3 amide bonds.